The lowest BCUT2D eigenvalue weighted by molar-refractivity contribution is 0.0738. The van der Waals surface area contributed by atoms with Crippen LogP contribution in [-0.2, 0) is 6.54 Å². The van der Waals surface area contributed by atoms with Crippen molar-refractivity contribution in [2.24, 2.45) is 5.92 Å². The quantitative estimate of drug-likeness (QED) is 0.897. The van der Waals surface area contributed by atoms with Crippen LogP contribution in [0.15, 0.2) is 36.4 Å². The Labute approximate surface area is 148 Å². The van der Waals surface area contributed by atoms with E-state index in [1.165, 1.54) is 0 Å². The molecule has 2 N–H and O–H groups in total. The second kappa shape index (κ2) is 7.74. The maximum atomic E-state index is 12.4. The minimum Gasteiger partial charge on any atom is -0.497 e. The van der Waals surface area contributed by atoms with E-state index in [0.717, 1.165) is 41.5 Å². The van der Waals surface area contributed by atoms with Crippen LogP contribution in [0.1, 0.15) is 25.3 Å². The monoisotopic (exact) mass is 342 g/mol. The lowest BCUT2D eigenvalue weighted by Crippen LogP contribution is -2.47. The number of nitrogens with zero attached hydrogens (tertiary/aromatic N) is 1. The van der Waals surface area contributed by atoms with Crippen molar-refractivity contribution in [1.29, 1.82) is 0 Å². The Morgan fingerprint density at radius 1 is 1.32 bits per heavy atom. The highest BCUT2D eigenvalue weighted by molar-refractivity contribution is 5.84. The van der Waals surface area contributed by atoms with Crippen LogP contribution in [0.2, 0.25) is 0 Å². The van der Waals surface area contributed by atoms with Crippen LogP contribution in [0.5, 0.6) is 5.75 Å². The molecule has 1 aliphatic heterocycles. The molecular formula is C20H26N2O3. The molecule has 0 aliphatic carbocycles. The molecule has 5 heteroatoms. The predicted molar refractivity (Wildman–Crippen MR) is 98.7 cm³/mol. The average molecular weight is 342 g/mol. The summed E-state index contributed by atoms with van der Waals surface area (Å²) in [7, 11) is 1.66. The first-order chi connectivity index (χ1) is 12.1. The maximum Gasteiger partial charge on any atom is 0.317 e. The third-order valence-electron chi connectivity index (χ3n) is 4.98. The Balaban J connectivity index is 1.61. The van der Waals surface area contributed by atoms with E-state index in [2.05, 4.69) is 11.4 Å². The standard InChI is InChI=1S/C20H26N2O3/c1-14(23)18-4-3-9-22(13-18)20(24)21-12-15-5-6-17-11-19(25-2)8-7-16(17)10-15/h5-8,10-11,14,18,23H,3-4,9,12-13H2,1-2H3,(H,21,24). The molecule has 0 aromatic heterocycles. The van der Waals surface area contributed by atoms with Gasteiger partial charge in [-0.1, -0.05) is 18.2 Å². The fraction of sp³-hybridized carbons (Fsp3) is 0.450. The van der Waals surface area contributed by atoms with E-state index < -0.39 is 0 Å². The zero-order valence-electron chi connectivity index (χ0n) is 14.9. The highest BCUT2D eigenvalue weighted by Crippen LogP contribution is 2.22. The van der Waals surface area contributed by atoms with E-state index in [4.69, 9.17) is 4.74 Å². The number of methoxy groups -OCH3 is 1. The zero-order chi connectivity index (χ0) is 17.8. The number of piperidine rings is 1. The normalized spacial score (nSPS) is 18.8. The Bertz CT molecular complexity index is 745. The first kappa shape index (κ1) is 17.5. The Morgan fingerprint density at radius 2 is 2.08 bits per heavy atom. The van der Waals surface area contributed by atoms with Crippen LogP contribution in [0.4, 0.5) is 4.79 Å². The predicted octanol–water partition coefficient (Wildman–Crippen LogP) is 3.15. The van der Waals surface area contributed by atoms with Crippen LogP contribution >= 0.6 is 0 Å². The molecule has 2 atom stereocenters. The van der Waals surface area contributed by atoms with Crippen molar-refractivity contribution in [1.82, 2.24) is 10.2 Å². The summed E-state index contributed by atoms with van der Waals surface area (Å²) < 4.78 is 5.24. The average Bonchev–Trinajstić information content (AvgIpc) is 2.65. The summed E-state index contributed by atoms with van der Waals surface area (Å²) in [6, 6.07) is 12.1. The number of ether oxygens (including phenoxy) is 1. The van der Waals surface area contributed by atoms with Crippen LogP contribution in [0.3, 0.4) is 0 Å². The molecule has 0 radical (unpaired) electrons. The molecule has 2 unspecified atom stereocenters. The number of nitrogens with one attached hydrogen (secondary N) is 1. The van der Waals surface area contributed by atoms with E-state index in [1.807, 2.05) is 35.2 Å². The molecule has 1 saturated heterocycles. The van der Waals surface area contributed by atoms with Gasteiger partial charge in [0.1, 0.15) is 5.75 Å². The van der Waals surface area contributed by atoms with Crippen molar-refractivity contribution in [3.05, 3.63) is 42.0 Å². The molecule has 5 nitrogen and oxygen atoms in total. The first-order valence-corrected chi connectivity index (χ1v) is 8.84. The summed E-state index contributed by atoms with van der Waals surface area (Å²) in [6.45, 7) is 3.68. The van der Waals surface area contributed by atoms with Crippen LogP contribution in [0, 0.1) is 5.92 Å². The first-order valence-electron chi connectivity index (χ1n) is 8.84. The third-order valence-corrected chi connectivity index (χ3v) is 4.98. The number of urea groups is 1. The van der Waals surface area contributed by atoms with Gasteiger partial charge in [-0.2, -0.15) is 0 Å². The van der Waals surface area contributed by atoms with E-state index in [9.17, 15) is 9.90 Å². The number of likely N-dealkylation sites (tertiary alicyclic amines) is 1. The number of benzene rings is 2. The van der Waals surface area contributed by atoms with Crippen molar-refractivity contribution in [2.45, 2.75) is 32.4 Å². The van der Waals surface area contributed by atoms with Gasteiger partial charge in [0.2, 0.25) is 0 Å². The molecule has 0 bridgehead atoms. The van der Waals surface area contributed by atoms with Gasteiger partial charge < -0.3 is 20.1 Å². The number of hydrogen-bond acceptors (Lipinski definition) is 3. The van der Waals surface area contributed by atoms with Crippen molar-refractivity contribution < 1.29 is 14.6 Å². The van der Waals surface area contributed by atoms with E-state index in [0.29, 0.717) is 13.1 Å². The van der Waals surface area contributed by atoms with E-state index in [-0.39, 0.29) is 18.1 Å². The number of carbonyl (C=O) groups is 1. The SMILES string of the molecule is COc1ccc2cc(CNC(=O)N3CCCC(C(C)O)C3)ccc2c1. The molecule has 0 spiro atoms. The second-order valence-electron chi connectivity index (χ2n) is 6.80. The van der Waals surface area contributed by atoms with Gasteiger partial charge in [0.05, 0.1) is 13.2 Å². The topological polar surface area (TPSA) is 61.8 Å². The molecule has 1 aliphatic rings. The van der Waals surface area contributed by atoms with Crippen LogP contribution in [-0.4, -0.2) is 42.3 Å². The fourth-order valence-corrected chi connectivity index (χ4v) is 3.39. The van der Waals surface area contributed by atoms with Crippen molar-refractivity contribution in [3.8, 4) is 5.75 Å². The molecule has 3 rings (SSSR count). The molecule has 1 fully saturated rings. The van der Waals surface area contributed by atoms with Crippen molar-refractivity contribution in [3.63, 3.8) is 0 Å². The van der Waals surface area contributed by atoms with Gasteiger partial charge in [-0.3, -0.25) is 0 Å². The summed E-state index contributed by atoms with van der Waals surface area (Å²) in [5.41, 5.74) is 1.06. The fourth-order valence-electron chi connectivity index (χ4n) is 3.39. The largest absolute Gasteiger partial charge is 0.497 e. The number of rotatable bonds is 4. The molecule has 134 valence electrons. The van der Waals surface area contributed by atoms with Crippen molar-refractivity contribution >= 4 is 16.8 Å². The van der Waals surface area contributed by atoms with Gasteiger partial charge >= 0.3 is 6.03 Å². The van der Waals surface area contributed by atoms with Gasteiger partial charge in [-0.05, 0) is 54.3 Å². The number of hydrogen-bond donors (Lipinski definition) is 2. The van der Waals surface area contributed by atoms with Crippen molar-refractivity contribution in [2.75, 3.05) is 20.2 Å². The molecule has 1 heterocycles. The summed E-state index contributed by atoms with van der Waals surface area (Å²) in [5.74, 6) is 1.02. The zero-order valence-corrected chi connectivity index (χ0v) is 14.9. The molecule has 2 aromatic rings. The third kappa shape index (κ3) is 4.23. The summed E-state index contributed by atoms with van der Waals surface area (Å²) in [4.78, 5) is 14.2. The van der Waals surface area contributed by atoms with Crippen LogP contribution in [0.25, 0.3) is 10.8 Å². The van der Waals surface area contributed by atoms with Gasteiger partial charge in [0.25, 0.3) is 0 Å². The summed E-state index contributed by atoms with van der Waals surface area (Å²) >= 11 is 0. The van der Waals surface area contributed by atoms with Gasteiger partial charge in [0.15, 0.2) is 0 Å². The Hall–Kier alpha value is -2.27. The number of amides is 2. The van der Waals surface area contributed by atoms with E-state index >= 15 is 0 Å². The minimum atomic E-state index is -0.368. The maximum absolute atomic E-state index is 12.4. The lowest BCUT2D eigenvalue weighted by Gasteiger charge is -2.34. The smallest absolute Gasteiger partial charge is 0.317 e. The lowest BCUT2D eigenvalue weighted by atomic mass is 9.94. The molecule has 2 aromatic carbocycles. The highest BCUT2D eigenvalue weighted by atomic mass is 16.5. The van der Waals surface area contributed by atoms with E-state index in [1.54, 1.807) is 14.0 Å². The van der Waals surface area contributed by atoms with Gasteiger partial charge in [-0.15, -0.1) is 0 Å². The van der Waals surface area contributed by atoms with Gasteiger partial charge in [-0.25, -0.2) is 4.79 Å². The van der Waals surface area contributed by atoms with Gasteiger partial charge in [0, 0.05) is 25.6 Å². The highest BCUT2D eigenvalue weighted by Gasteiger charge is 2.26. The number of fused-ring (bicyclic) bond motifs is 1. The molecular weight excluding hydrogens is 316 g/mol. The minimum absolute atomic E-state index is 0.0554. The molecule has 2 amide bonds. The molecule has 25 heavy (non-hydrogen) atoms. The molecule has 0 saturated carbocycles. The number of aliphatic hydroxyl groups is 1. The second-order valence-corrected chi connectivity index (χ2v) is 6.80. The van der Waals surface area contributed by atoms with Crippen LogP contribution < -0.4 is 10.1 Å². The number of aliphatic hydroxyl groups excluding tert-OH is 1. The number of carbonyl (C=O) groups excluding carboxylic acids is 1. The summed E-state index contributed by atoms with van der Waals surface area (Å²) in [6.07, 6.45) is 1.56. The Morgan fingerprint density at radius 3 is 2.84 bits per heavy atom. The summed E-state index contributed by atoms with van der Waals surface area (Å²) in [5, 5.41) is 15.0. The Kier molecular flexibility index (Phi) is 5.43.